The number of carbonyl (C=O) groups excluding carboxylic acids is 2. The molecule has 2 aromatic carbocycles. The molecular formula is C21H24F2N2O3S. The summed E-state index contributed by atoms with van der Waals surface area (Å²) < 4.78 is 30.0. The molecule has 2 rings (SSSR count). The fourth-order valence-corrected chi connectivity index (χ4v) is 2.82. The van der Waals surface area contributed by atoms with Gasteiger partial charge in [-0.15, -0.1) is 0 Å². The van der Waals surface area contributed by atoms with Crippen molar-refractivity contribution in [3.63, 3.8) is 0 Å². The number of alkyl halides is 2. The van der Waals surface area contributed by atoms with Crippen LogP contribution in [0.3, 0.4) is 0 Å². The van der Waals surface area contributed by atoms with E-state index in [0.717, 1.165) is 0 Å². The van der Waals surface area contributed by atoms with Crippen molar-refractivity contribution in [1.82, 2.24) is 5.32 Å². The van der Waals surface area contributed by atoms with Gasteiger partial charge >= 0.3 is 5.97 Å². The summed E-state index contributed by atoms with van der Waals surface area (Å²) in [5.74, 6) is -3.21. The number of halogens is 2. The fraction of sp³-hybridized carbons (Fsp3) is 0.333. The average molecular weight is 422 g/mol. The van der Waals surface area contributed by atoms with Gasteiger partial charge in [-0.3, -0.25) is 4.79 Å². The van der Waals surface area contributed by atoms with Gasteiger partial charge in [0.2, 0.25) is 0 Å². The van der Waals surface area contributed by atoms with E-state index in [4.69, 9.17) is 4.74 Å². The van der Waals surface area contributed by atoms with Gasteiger partial charge in [-0.2, -0.15) is 8.78 Å². The molecule has 5 nitrogen and oxygen atoms in total. The van der Waals surface area contributed by atoms with Gasteiger partial charge in [-0.1, -0.05) is 37.7 Å². The van der Waals surface area contributed by atoms with E-state index < -0.39 is 11.7 Å². The average Bonchev–Trinajstić information content (AvgIpc) is 2.67. The zero-order valence-electron chi connectivity index (χ0n) is 16.4. The lowest BCUT2D eigenvalue weighted by molar-refractivity contribution is -0.125. The number of thioether (sulfide) groups is 1. The van der Waals surface area contributed by atoms with Gasteiger partial charge in [0.25, 0.3) is 11.7 Å². The quantitative estimate of drug-likeness (QED) is 0.437. The first-order valence-corrected chi connectivity index (χ1v) is 10.0. The van der Waals surface area contributed by atoms with Crippen LogP contribution in [0.15, 0.2) is 53.4 Å². The van der Waals surface area contributed by atoms with Crippen LogP contribution in [0, 0.1) is 5.92 Å². The second-order valence-electron chi connectivity index (χ2n) is 6.75. The van der Waals surface area contributed by atoms with Crippen LogP contribution in [0.4, 0.5) is 20.2 Å². The standard InChI is InChI=1S/C21H24F2N2O3S/c1-13(2)14(3)24-19(26)12-28-20(27)17-6-4-5-7-18(17)25-15-8-10-16(11-9-15)29-21(22)23/h4-11,13-14,21,25H,12H2,1-3H3,(H,24,26)/t14-/m1/s1. The summed E-state index contributed by atoms with van der Waals surface area (Å²) in [4.78, 5) is 24.8. The normalized spacial score (nSPS) is 12.0. The first-order valence-electron chi connectivity index (χ1n) is 9.13. The molecule has 2 N–H and O–H groups in total. The van der Waals surface area contributed by atoms with Gasteiger partial charge in [0.15, 0.2) is 6.61 Å². The third-order valence-corrected chi connectivity index (χ3v) is 4.95. The number of esters is 1. The molecule has 0 bridgehead atoms. The van der Waals surface area contributed by atoms with Crippen molar-refractivity contribution in [3.05, 3.63) is 54.1 Å². The third-order valence-electron chi connectivity index (χ3n) is 4.23. The summed E-state index contributed by atoms with van der Waals surface area (Å²) in [7, 11) is 0. The topological polar surface area (TPSA) is 67.4 Å². The lowest BCUT2D eigenvalue weighted by atomic mass is 10.1. The minimum atomic E-state index is -2.48. The molecule has 0 spiro atoms. The summed E-state index contributed by atoms with van der Waals surface area (Å²) in [5.41, 5.74) is 1.39. The van der Waals surface area contributed by atoms with Crippen LogP contribution in [0.25, 0.3) is 0 Å². The molecule has 1 atom stereocenters. The van der Waals surface area contributed by atoms with E-state index in [1.54, 1.807) is 48.5 Å². The molecule has 0 heterocycles. The second-order valence-corrected chi connectivity index (χ2v) is 7.81. The molecule has 0 saturated carbocycles. The Labute approximate surface area is 173 Å². The number of ether oxygens (including phenoxy) is 1. The van der Waals surface area contributed by atoms with Crippen molar-refractivity contribution in [1.29, 1.82) is 0 Å². The highest BCUT2D eigenvalue weighted by molar-refractivity contribution is 7.99. The summed E-state index contributed by atoms with van der Waals surface area (Å²) >= 11 is 0.463. The highest BCUT2D eigenvalue weighted by Crippen LogP contribution is 2.28. The van der Waals surface area contributed by atoms with Crippen molar-refractivity contribution in [2.75, 3.05) is 11.9 Å². The lowest BCUT2D eigenvalue weighted by Crippen LogP contribution is -2.38. The number of para-hydroxylation sites is 1. The van der Waals surface area contributed by atoms with Gasteiger partial charge in [-0.25, -0.2) is 4.79 Å². The smallest absolute Gasteiger partial charge is 0.340 e. The molecule has 0 fully saturated rings. The van der Waals surface area contributed by atoms with Crippen LogP contribution >= 0.6 is 11.8 Å². The number of carbonyl (C=O) groups is 2. The van der Waals surface area contributed by atoms with Crippen LogP contribution in [0.2, 0.25) is 0 Å². The lowest BCUT2D eigenvalue weighted by Gasteiger charge is -2.17. The summed E-state index contributed by atoms with van der Waals surface area (Å²) in [6.07, 6.45) is 0. The first-order chi connectivity index (χ1) is 13.8. The number of nitrogens with one attached hydrogen (secondary N) is 2. The molecule has 0 unspecified atom stereocenters. The molecular weight excluding hydrogens is 398 g/mol. The maximum absolute atomic E-state index is 12.4. The molecule has 1 amide bonds. The van der Waals surface area contributed by atoms with E-state index in [1.165, 1.54) is 0 Å². The number of rotatable bonds is 9. The SMILES string of the molecule is CC(C)[C@@H](C)NC(=O)COC(=O)c1ccccc1Nc1ccc(SC(F)F)cc1. The molecule has 8 heteroatoms. The van der Waals surface area contributed by atoms with Crippen LogP contribution in [0.1, 0.15) is 31.1 Å². The largest absolute Gasteiger partial charge is 0.452 e. The molecule has 29 heavy (non-hydrogen) atoms. The zero-order valence-corrected chi connectivity index (χ0v) is 17.3. The Hall–Kier alpha value is -2.61. The predicted octanol–water partition coefficient (Wildman–Crippen LogP) is 5.06. The van der Waals surface area contributed by atoms with Gasteiger partial charge in [0.1, 0.15) is 0 Å². The summed E-state index contributed by atoms with van der Waals surface area (Å²) in [6.45, 7) is 5.48. The first kappa shape index (κ1) is 22.7. The minimum Gasteiger partial charge on any atom is -0.452 e. The Balaban J connectivity index is 2.00. The van der Waals surface area contributed by atoms with Crippen molar-refractivity contribution in [2.45, 2.75) is 37.5 Å². The Morgan fingerprint density at radius 1 is 1.03 bits per heavy atom. The van der Waals surface area contributed by atoms with E-state index in [0.29, 0.717) is 28.0 Å². The van der Waals surface area contributed by atoms with Crippen LogP contribution in [0.5, 0.6) is 0 Å². The van der Waals surface area contributed by atoms with E-state index in [9.17, 15) is 18.4 Å². The van der Waals surface area contributed by atoms with Crippen LogP contribution in [-0.2, 0) is 9.53 Å². The monoisotopic (exact) mass is 422 g/mol. The number of hydrogen-bond acceptors (Lipinski definition) is 5. The van der Waals surface area contributed by atoms with Crippen molar-refractivity contribution in [2.24, 2.45) is 5.92 Å². The molecule has 0 aromatic heterocycles. The number of amides is 1. The van der Waals surface area contributed by atoms with E-state index in [2.05, 4.69) is 10.6 Å². The van der Waals surface area contributed by atoms with Gasteiger partial charge in [0, 0.05) is 16.6 Å². The maximum Gasteiger partial charge on any atom is 0.340 e. The predicted molar refractivity (Wildman–Crippen MR) is 111 cm³/mol. The second kappa shape index (κ2) is 10.8. The number of benzene rings is 2. The third kappa shape index (κ3) is 7.38. The Morgan fingerprint density at radius 2 is 1.69 bits per heavy atom. The highest BCUT2D eigenvalue weighted by atomic mass is 32.2. The molecule has 156 valence electrons. The number of anilines is 2. The van der Waals surface area contributed by atoms with Crippen molar-refractivity contribution >= 4 is 35.0 Å². The molecule has 0 saturated heterocycles. The Morgan fingerprint density at radius 3 is 2.31 bits per heavy atom. The van der Waals surface area contributed by atoms with Crippen molar-refractivity contribution < 1.29 is 23.1 Å². The molecule has 0 aliphatic carbocycles. The van der Waals surface area contributed by atoms with Gasteiger partial charge in [0.05, 0.1) is 11.3 Å². The summed E-state index contributed by atoms with van der Waals surface area (Å²) in [5, 5.41) is 5.84. The molecule has 2 aromatic rings. The van der Waals surface area contributed by atoms with Crippen molar-refractivity contribution in [3.8, 4) is 0 Å². The number of hydrogen-bond donors (Lipinski definition) is 2. The zero-order chi connectivity index (χ0) is 21.4. The van der Waals surface area contributed by atoms with Gasteiger partial charge in [-0.05, 0) is 49.2 Å². The van der Waals surface area contributed by atoms with E-state index in [-0.39, 0.29) is 30.0 Å². The van der Waals surface area contributed by atoms with E-state index in [1.807, 2.05) is 20.8 Å². The Bertz CT molecular complexity index is 829. The van der Waals surface area contributed by atoms with E-state index >= 15 is 0 Å². The highest BCUT2D eigenvalue weighted by Gasteiger charge is 2.16. The summed E-state index contributed by atoms with van der Waals surface area (Å²) in [6, 6.07) is 13.1. The van der Waals surface area contributed by atoms with Crippen LogP contribution in [-0.4, -0.2) is 30.3 Å². The maximum atomic E-state index is 12.4. The molecule has 0 radical (unpaired) electrons. The molecule has 0 aliphatic heterocycles. The fourth-order valence-electron chi connectivity index (χ4n) is 2.32. The van der Waals surface area contributed by atoms with Crippen LogP contribution < -0.4 is 10.6 Å². The van der Waals surface area contributed by atoms with Gasteiger partial charge < -0.3 is 15.4 Å². The molecule has 0 aliphatic rings. The minimum absolute atomic E-state index is 0.0265. The Kier molecular flexibility index (Phi) is 8.45.